The largest absolute Gasteiger partial charge is 0.327 e. The summed E-state index contributed by atoms with van der Waals surface area (Å²) in [5, 5.41) is -0.0284. The van der Waals surface area contributed by atoms with Crippen LogP contribution in [0.5, 0.6) is 0 Å². The van der Waals surface area contributed by atoms with E-state index in [1.807, 2.05) is 23.6 Å². The van der Waals surface area contributed by atoms with Gasteiger partial charge in [-0.2, -0.15) is 0 Å². The molecule has 11 heteroatoms. The molecule has 0 bridgehead atoms. The smallest absolute Gasteiger partial charge is 0.242 e. The Bertz CT molecular complexity index is 1520. The Hall–Kier alpha value is -2.76. The zero-order valence-electron chi connectivity index (χ0n) is 17.6. The summed E-state index contributed by atoms with van der Waals surface area (Å²) in [5.74, 6) is 0.616. The lowest BCUT2D eigenvalue weighted by Gasteiger charge is -2.11. The maximum atomic E-state index is 12.5. The molecule has 2 heterocycles. The molecule has 0 saturated heterocycles. The van der Waals surface area contributed by atoms with Gasteiger partial charge < -0.3 is 9.13 Å². The molecule has 2 aromatic carbocycles. The van der Waals surface area contributed by atoms with E-state index in [0.717, 1.165) is 16.1 Å². The van der Waals surface area contributed by atoms with Crippen LogP contribution < -0.4 is 0 Å². The molecule has 0 aliphatic heterocycles. The van der Waals surface area contributed by atoms with Crippen molar-refractivity contribution in [2.24, 2.45) is 0 Å². The summed E-state index contributed by atoms with van der Waals surface area (Å²) >= 11 is 0. The van der Waals surface area contributed by atoms with E-state index in [2.05, 4.69) is 9.97 Å². The molecule has 0 radical (unpaired) electrons. The molecule has 0 atom stereocenters. The van der Waals surface area contributed by atoms with Crippen LogP contribution in [0.25, 0.3) is 22.1 Å². The monoisotopic (exact) mass is 461 g/mol. The highest BCUT2D eigenvalue weighted by atomic mass is 32.2. The number of para-hydroxylation sites is 2. The lowest BCUT2D eigenvalue weighted by atomic mass is 10.3. The molecule has 4 rings (SSSR count). The van der Waals surface area contributed by atoms with Gasteiger partial charge in [-0.05, 0) is 37.3 Å². The Morgan fingerprint density at radius 1 is 0.903 bits per heavy atom. The second-order valence-corrected chi connectivity index (χ2v) is 11.5. The number of rotatable bonds is 6. The van der Waals surface area contributed by atoms with Crippen LogP contribution in [0.1, 0.15) is 12.7 Å². The lowest BCUT2D eigenvalue weighted by Crippen LogP contribution is -2.22. The van der Waals surface area contributed by atoms with Gasteiger partial charge in [0.05, 0.1) is 33.5 Å². The first-order chi connectivity index (χ1) is 14.5. The third kappa shape index (κ3) is 3.62. The van der Waals surface area contributed by atoms with E-state index in [0.29, 0.717) is 28.9 Å². The number of hydrogen-bond acceptors (Lipinski definition) is 6. The molecule has 0 spiro atoms. The van der Waals surface area contributed by atoms with Crippen LogP contribution in [-0.2, 0) is 33.0 Å². The Labute approximate surface area is 180 Å². The van der Waals surface area contributed by atoms with E-state index in [-0.39, 0.29) is 16.6 Å². The summed E-state index contributed by atoms with van der Waals surface area (Å²) in [4.78, 5) is 9.12. The van der Waals surface area contributed by atoms with Crippen molar-refractivity contribution in [3.63, 3.8) is 0 Å². The van der Waals surface area contributed by atoms with E-state index in [1.165, 1.54) is 14.1 Å². The average molecular weight is 462 g/mol. The first-order valence-corrected chi connectivity index (χ1v) is 12.9. The first-order valence-electron chi connectivity index (χ1n) is 9.61. The maximum absolute atomic E-state index is 12.5. The van der Waals surface area contributed by atoms with E-state index < -0.39 is 19.9 Å². The van der Waals surface area contributed by atoms with Crippen molar-refractivity contribution in [2.45, 2.75) is 30.1 Å². The fourth-order valence-corrected chi connectivity index (χ4v) is 5.38. The quantitative estimate of drug-likeness (QED) is 0.435. The number of aryl methyl sites for hydroxylation is 1. The first kappa shape index (κ1) is 21.5. The molecule has 164 valence electrons. The molecular formula is C20H23N5O4S2. The van der Waals surface area contributed by atoms with Gasteiger partial charge >= 0.3 is 0 Å². The minimum Gasteiger partial charge on any atom is -0.327 e. The highest BCUT2D eigenvalue weighted by Crippen LogP contribution is 2.25. The highest BCUT2D eigenvalue weighted by Gasteiger charge is 2.23. The van der Waals surface area contributed by atoms with Crippen molar-refractivity contribution in [3.05, 3.63) is 48.3 Å². The van der Waals surface area contributed by atoms with Gasteiger partial charge in [-0.3, -0.25) is 0 Å². The molecule has 4 aromatic rings. The number of hydrogen-bond donors (Lipinski definition) is 0. The van der Waals surface area contributed by atoms with E-state index in [9.17, 15) is 16.8 Å². The van der Waals surface area contributed by atoms with E-state index >= 15 is 0 Å². The number of benzene rings is 2. The van der Waals surface area contributed by atoms with Crippen molar-refractivity contribution in [2.75, 3.05) is 20.4 Å². The van der Waals surface area contributed by atoms with Crippen LogP contribution in [0.3, 0.4) is 0 Å². The lowest BCUT2D eigenvalue weighted by molar-refractivity contribution is 0.521. The normalized spacial score (nSPS) is 12.9. The summed E-state index contributed by atoms with van der Waals surface area (Å²) < 4.78 is 54.5. The molecule has 9 nitrogen and oxygen atoms in total. The van der Waals surface area contributed by atoms with Gasteiger partial charge in [0.2, 0.25) is 25.0 Å². The second-order valence-electron chi connectivity index (χ2n) is 7.45. The van der Waals surface area contributed by atoms with Crippen LogP contribution in [0, 0.1) is 0 Å². The molecule has 31 heavy (non-hydrogen) atoms. The highest BCUT2D eigenvalue weighted by molar-refractivity contribution is 7.90. The van der Waals surface area contributed by atoms with E-state index in [4.69, 9.17) is 0 Å². The summed E-state index contributed by atoms with van der Waals surface area (Å²) in [7, 11) is -4.21. The molecule has 0 amide bonds. The molecule has 0 fully saturated rings. The third-order valence-electron chi connectivity index (χ3n) is 5.14. The molecular weight excluding hydrogens is 438 g/mol. The summed E-state index contributed by atoms with van der Waals surface area (Å²) in [6.45, 7) is 2.73. The van der Waals surface area contributed by atoms with Crippen molar-refractivity contribution < 1.29 is 16.8 Å². The summed E-state index contributed by atoms with van der Waals surface area (Å²) in [5.41, 5.74) is 2.58. The standard InChI is InChI=1S/C20H23N5O4S2/c1-5-24-18-11-10-14(31(28,29)23(2)3)12-16(18)21-19(24)13-25-17-9-7-6-8-15(17)22-20(25)30(4,26)27/h6-12H,5,13H2,1-4H3. The molecule has 0 aliphatic rings. The fraction of sp³-hybridized carbons (Fsp3) is 0.300. The Balaban J connectivity index is 1.90. The van der Waals surface area contributed by atoms with Gasteiger partial charge in [0, 0.05) is 26.9 Å². The number of imidazole rings is 2. The molecule has 0 saturated carbocycles. The molecule has 0 aliphatic carbocycles. The van der Waals surface area contributed by atoms with Gasteiger partial charge in [-0.25, -0.2) is 31.1 Å². The van der Waals surface area contributed by atoms with Gasteiger partial charge in [0.1, 0.15) is 5.82 Å². The predicted octanol–water partition coefficient (Wildman–Crippen LogP) is 2.11. The van der Waals surface area contributed by atoms with Gasteiger partial charge in [0.15, 0.2) is 0 Å². The number of fused-ring (bicyclic) bond motifs is 2. The van der Waals surface area contributed by atoms with Crippen molar-refractivity contribution >= 4 is 41.9 Å². The van der Waals surface area contributed by atoms with E-state index in [1.54, 1.807) is 34.9 Å². The average Bonchev–Trinajstić information content (AvgIpc) is 3.25. The predicted molar refractivity (Wildman–Crippen MR) is 118 cm³/mol. The van der Waals surface area contributed by atoms with Crippen molar-refractivity contribution in [3.8, 4) is 0 Å². The fourth-order valence-electron chi connectivity index (χ4n) is 3.64. The summed E-state index contributed by atoms with van der Waals surface area (Å²) in [6.07, 6.45) is 1.13. The van der Waals surface area contributed by atoms with Crippen LogP contribution >= 0.6 is 0 Å². The second kappa shape index (κ2) is 7.43. The van der Waals surface area contributed by atoms with Crippen LogP contribution in [-0.4, -0.2) is 60.6 Å². The van der Waals surface area contributed by atoms with Crippen LogP contribution in [0.15, 0.2) is 52.5 Å². The zero-order valence-corrected chi connectivity index (χ0v) is 19.3. The topological polar surface area (TPSA) is 107 Å². The van der Waals surface area contributed by atoms with Gasteiger partial charge in [0.25, 0.3) is 0 Å². The number of sulfone groups is 1. The number of sulfonamides is 1. The SMILES string of the molecule is CCn1c(Cn2c(S(C)(=O)=O)nc3ccccc32)nc2cc(S(=O)(=O)N(C)C)ccc21. The van der Waals surface area contributed by atoms with Crippen molar-refractivity contribution in [1.82, 2.24) is 23.4 Å². The third-order valence-corrected chi connectivity index (χ3v) is 7.93. The molecule has 0 unspecified atom stereocenters. The minimum atomic E-state index is -3.59. The van der Waals surface area contributed by atoms with Gasteiger partial charge in [-0.15, -0.1) is 0 Å². The molecule has 2 aromatic heterocycles. The van der Waals surface area contributed by atoms with Gasteiger partial charge in [-0.1, -0.05) is 12.1 Å². The summed E-state index contributed by atoms with van der Waals surface area (Å²) in [6, 6.07) is 12.1. The Morgan fingerprint density at radius 2 is 1.58 bits per heavy atom. The maximum Gasteiger partial charge on any atom is 0.242 e. The minimum absolute atomic E-state index is 0.0284. The number of aromatic nitrogens is 4. The number of nitrogens with zero attached hydrogens (tertiary/aromatic N) is 5. The Kier molecular flexibility index (Phi) is 5.15. The zero-order chi connectivity index (χ0) is 22.6. The van der Waals surface area contributed by atoms with Crippen molar-refractivity contribution in [1.29, 1.82) is 0 Å². The van der Waals surface area contributed by atoms with Crippen LogP contribution in [0.4, 0.5) is 0 Å². The Morgan fingerprint density at radius 3 is 2.23 bits per heavy atom. The molecule has 0 N–H and O–H groups in total. The van der Waals surface area contributed by atoms with Crippen LogP contribution in [0.2, 0.25) is 0 Å².